The van der Waals surface area contributed by atoms with Gasteiger partial charge in [-0.05, 0) is 36.2 Å². The summed E-state index contributed by atoms with van der Waals surface area (Å²) in [6.07, 6.45) is 0.722. The highest BCUT2D eigenvalue weighted by Crippen LogP contribution is 2.28. The lowest BCUT2D eigenvalue weighted by molar-refractivity contribution is -0.117. The van der Waals surface area contributed by atoms with E-state index in [2.05, 4.69) is 27.9 Å². The Bertz CT molecular complexity index is 1170. The van der Waals surface area contributed by atoms with E-state index in [9.17, 15) is 4.79 Å². The summed E-state index contributed by atoms with van der Waals surface area (Å²) in [5.41, 5.74) is 3.87. The number of amides is 1. The third kappa shape index (κ3) is 5.16. The number of benzene rings is 3. The monoisotopic (exact) mass is 427 g/mol. The van der Waals surface area contributed by atoms with Gasteiger partial charge in [0.15, 0.2) is 5.82 Å². The highest BCUT2D eigenvalue weighted by atomic mass is 16.5. The smallest absolute Gasteiger partial charge is 0.252 e. The van der Waals surface area contributed by atoms with E-state index in [-0.39, 0.29) is 5.91 Å². The zero-order valence-electron chi connectivity index (χ0n) is 18.0. The number of ether oxygens (including phenoxy) is 1. The van der Waals surface area contributed by atoms with Crippen molar-refractivity contribution in [2.75, 3.05) is 17.7 Å². The molecule has 1 aromatic heterocycles. The molecule has 0 fully saturated rings. The Morgan fingerprint density at radius 1 is 1.00 bits per heavy atom. The van der Waals surface area contributed by atoms with Crippen LogP contribution in [0.2, 0.25) is 0 Å². The molecule has 0 aliphatic rings. The second kappa shape index (κ2) is 9.83. The Labute approximate surface area is 187 Å². The number of carbonyl (C=O) groups is 1. The van der Waals surface area contributed by atoms with Crippen LogP contribution in [-0.2, 0) is 11.2 Å². The van der Waals surface area contributed by atoms with Gasteiger partial charge in [-0.15, -0.1) is 0 Å². The third-order valence-electron chi connectivity index (χ3n) is 5.10. The number of nitrogens with zero attached hydrogens (tertiary/aromatic N) is 1. The summed E-state index contributed by atoms with van der Waals surface area (Å²) in [5.74, 6) is 1.59. The minimum absolute atomic E-state index is 0.232. The molecule has 0 aliphatic heterocycles. The summed E-state index contributed by atoms with van der Waals surface area (Å²) in [5, 5.41) is 10.1. The number of rotatable bonds is 8. The zero-order valence-corrected chi connectivity index (χ0v) is 18.0. The highest BCUT2D eigenvalue weighted by molar-refractivity contribution is 5.96. The van der Waals surface area contributed by atoms with Crippen LogP contribution in [-0.4, -0.2) is 18.2 Å². The number of aromatic nitrogens is 1. The van der Waals surface area contributed by atoms with Crippen LogP contribution in [0.15, 0.2) is 89.5 Å². The fourth-order valence-corrected chi connectivity index (χ4v) is 3.56. The maximum atomic E-state index is 13.1. The first-order valence-corrected chi connectivity index (χ1v) is 10.4. The van der Waals surface area contributed by atoms with Crippen molar-refractivity contribution >= 4 is 17.4 Å². The second-order valence-electron chi connectivity index (χ2n) is 7.49. The molecule has 0 saturated heterocycles. The molecule has 32 heavy (non-hydrogen) atoms. The van der Waals surface area contributed by atoms with Gasteiger partial charge in [0.25, 0.3) is 5.91 Å². The normalized spacial score (nSPS) is 11.6. The summed E-state index contributed by atoms with van der Waals surface area (Å²) < 4.78 is 10.6. The van der Waals surface area contributed by atoms with Crippen LogP contribution in [0, 0.1) is 6.92 Å². The molecule has 3 aromatic carbocycles. The van der Waals surface area contributed by atoms with Gasteiger partial charge in [-0.25, -0.2) is 0 Å². The molecule has 6 heteroatoms. The van der Waals surface area contributed by atoms with E-state index in [1.807, 2.05) is 66.7 Å². The first-order chi connectivity index (χ1) is 15.6. The molecule has 0 aliphatic carbocycles. The minimum atomic E-state index is -0.619. The van der Waals surface area contributed by atoms with E-state index in [0.29, 0.717) is 11.6 Å². The number of carbonyl (C=O) groups excluding carboxylic acids is 1. The lowest BCUT2D eigenvalue weighted by atomic mass is 10.0. The van der Waals surface area contributed by atoms with Crippen molar-refractivity contribution in [2.24, 2.45) is 0 Å². The summed E-state index contributed by atoms with van der Waals surface area (Å²) in [4.78, 5) is 13.1. The van der Waals surface area contributed by atoms with Gasteiger partial charge >= 0.3 is 0 Å². The molecule has 0 radical (unpaired) electrons. The molecule has 1 atom stereocenters. The number of hydrogen-bond donors (Lipinski definition) is 2. The molecule has 0 saturated carbocycles. The molecule has 4 aromatic rings. The Morgan fingerprint density at radius 3 is 2.38 bits per heavy atom. The molecular weight excluding hydrogens is 402 g/mol. The van der Waals surface area contributed by atoms with Gasteiger partial charge in [0.2, 0.25) is 0 Å². The SMILES string of the molecule is COc1ccc(NC(C(=O)Nc2cc(C)on2)c2ccccc2)cc1Cc1ccccc1. The molecule has 0 spiro atoms. The molecule has 2 N–H and O–H groups in total. The van der Waals surface area contributed by atoms with Crippen LogP contribution in [0.3, 0.4) is 0 Å². The van der Waals surface area contributed by atoms with E-state index in [0.717, 1.165) is 29.0 Å². The lowest BCUT2D eigenvalue weighted by Crippen LogP contribution is -2.27. The molecule has 6 nitrogen and oxygen atoms in total. The van der Waals surface area contributed by atoms with Gasteiger partial charge in [0.1, 0.15) is 17.6 Å². The van der Waals surface area contributed by atoms with Crippen LogP contribution in [0.25, 0.3) is 0 Å². The number of nitrogens with one attached hydrogen (secondary N) is 2. The summed E-state index contributed by atoms with van der Waals surface area (Å²) >= 11 is 0. The number of anilines is 2. The first-order valence-electron chi connectivity index (χ1n) is 10.4. The van der Waals surface area contributed by atoms with Crippen molar-refractivity contribution in [3.8, 4) is 5.75 Å². The summed E-state index contributed by atoms with van der Waals surface area (Å²) in [7, 11) is 1.66. The highest BCUT2D eigenvalue weighted by Gasteiger charge is 2.22. The molecule has 1 unspecified atom stereocenters. The quantitative estimate of drug-likeness (QED) is 0.395. The van der Waals surface area contributed by atoms with Gasteiger partial charge in [0, 0.05) is 23.7 Å². The van der Waals surface area contributed by atoms with Crippen molar-refractivity contribution in [1.29, 1.82) is 0 Å². The molecule has 162 valence electrons. The van der Waals surface area contributed by atoms with Crippen molar-refractivity contribution in [3.05, 3.63) is 107 Å². The molecule has 1 amide bonds. The molecular formula is C26H25N3O3. The molecule has 0 bridgehead atoms. The largest absolute Gasteiger partial charge is 0.496 e. The fourth-order valence-electron chi connectivity index (χ4n) is 3.56. The van der Waals surface area contributed by atoms with E-state index in [1.165, 1.54) is 5.56 Å². The Morgan fingerprint density at radius 2 is 1.72 bits per heavy atom. The predicted octanol–water partition coefficient (Wildman–Crippen LogP) is 5.37. The average molecular weight is 428 g/mol. The Balaban J connectivity index is 1.61. The first kappa shape index (κ1) is 21.2. The number of methoxy groups -OCH3 is 1. The van der Waals surface area contributed by atoms with E-state index in [4.69, 9.17) is 9.26 Å². The fraction of sp³-hybridized carbons (Fsp3) is 0.154. The van der Waals surface area contributed by atoms with Crippen LogP contribution in [0.1, 0.15) is 28.5 Å². The Kier molecular flexibility index (Phi) is 6.51. The van der Waals surface area contributed by atoms with Crippen molar-refractivity contribution in [1.82, 2.24) is 5.16 Å². The van der Waals surface area contributed by atoms with Gasteiger partial charge < -0.3 is 19.9 Å². The van der Waals surface area contributed by atoms with Gasteiger partial charge in [-0.3, -0.25) is 4.79 Å². The van der Waals surface area contributed by atoms with E-state index in [1.54, 1.807) is 20.1 Å². The molecule has 4 rings (SSSR count). The van der Waals surface area contributed by atoms with Crippen LogP contribution >= 0.6 is 0 Å². The average Bonchev–Trinajstić information content (AvgIpc) is 3.23. The number of hydrogen-bond acceptors (Lipinski definition) is 5. The zero-order chi connectivity index (χ0) is 22.3. The minimum Gasteiger partial charge on any atom is -0.496 e. The number of aryl methyl sites for hydroxylation is 1. The maximum Gasteiger partial charge on any atom is 0.252 e. The van der Waals surface area contributed by atoms with E-state index < -0.39 is 6.04 Å². The van der Waals surface area contributed by atoms with Gasteiger partial charge in [0.05, 0.1) is 7.11 Å². The van der Waals surface area contributed by atoms with Crippen molar-refractivity contribution in [2.45, 2.75) is 19.4 Å². The predicted molar refractivity (Wildman–Crippen MR) is 125 cm³/mol. The van der Waals surface area contributed by atoms with Crippen molar-refractivity contribution < 1.29 is 14.1 Å². The standard InChI is InChI=1S/C26H25N3O3/c1-18-15-24(29-32-18)28-26(30)25(20-11-7-4-8-12-20)27-22-13-14-23(31-2)21(17-22)16-19-9-5-3-6-10-19/h3-15,17,25,27H,16H2,1-2H3,(H,28,29,30). The van der Waals surface area contributed by atoms with Crippen molar-refractivity contribution in [3.63, 3.8) is 0 Å². The van der Waals surface area contributed by atoms with E-state index >= 15 is 0 Å². The summed E-state index contributed by atoms with van der Waals surface area (Å²) in [6.45, 7) is 1.78. The van der Waals surface area contributed by atoms with Crippen LogP contribution in [0.5, 0.6) is 5.75 Å². The van der Waals surface area contributed by atoms with Crippen LogP contribution in [0.4, 0.5) is 11.5 Å². The summed E-state index contributed by atoms with van der Waals surface area (Å²) in [6, 6.07) is 26.7. The molecule has 1 heterocycles. The van der Waals surface area contributed by atoms with Gasteiger partial charge in [-0.2, -0.15) is 0 Å². The maximum absolute atomic E-state index is 13.1. The second-order valence-corrected chi connectivity index (χ2v) is 7.49. The topological polar surface area (TPSA) is 76.4 Å². The van der Waals surface area contributed by atoms with Crippen LogP contribution < -0.4 is 15.4 Å². The lowest BCUT2D eigenvalue weighted by Gasteiger charge is -2.20. The third-order valence-corrected chi connectivity index (χ3v) is 5.10. The Hall–Kier alpha value is -4.06. The van der Waals surface area contributed by atoms with Gasteiger partial charge in [-0.1, -0.05) is 65.8 Å².